The van der Waals surface area contributed by atoms with E-state index in [9.17, 15) is 18.0 Å². The van der Waals surface area contributed by atoms with Gasteiger partial charge in [0.15, 0.2) is 0 Å². The van der Waals surface area contributed by atoms with Crippen molar-refractivity contribution < 1.29 is 18.0 Å². The van der Waals surface area contributed by atoms with Crippen molar-refractivity contribution in [3.05, 3.63) is 70.0 Å². The van der Waals surface area contributed by atoms with Gasteiger partial charge in [-0.25, -0.2) is 13.2 Å². The third kappa shape index (κ3) is 4.11. The van der Waals surface area contributed by atoms with E-state index in [2.05, 4.69) is 5.32 Å². The first-order valence-electron chi connectivity index (χ1n) is 6.24. The molecule has 0 atom stereocenters. The van der Waals surface area contributed by atoms with Gasteiger partial charge in [0.05, 0.1) is 5.02 Å². The number of carbonyl (C=O) groups is 1. The monoisotopic (exact) mass is 336 g/mol. The van der Waals surface area contributed by atoms with Crippen LogP contribution in [0.3, 0.4) is 0 Å². The Bertz CT molecular complexity index is 844. The summed E-state index contributed by atoms with van der Waals surface area (Å²) in [5.41, 5.74) is -0.353. The maximum absolute atomic E-state index is 13.5. The molecule has 0 unspecified atom stereocenters. The van der Waals surface area contributed by atoms with Crippen LogP contribution >= 0.6 is 11.6 Å². The number of hydrogen-bond donors (Lipinski definition) is 1. The zero-order valence-electron chi connectivity index (χ0n) is 11.4. The van der Waals surface area contributed by atoms with Crippen LogP contribution in [0.15, 0.2) is 42.0 Å². The van der Waals surface area contributed by atoms with Gasteiger partial charge in [-0.1, -0.05) is 11.6 Å². The van der Waals surface area contributed by atoms with Gasteiger partial charge in [-0.05, 0) is 36.4 Å². The molecule has 2 aromatic rings. The predicted octanol–water partition coefficient (Wildman–Crippen LogP) is 4.30. The number of nitrogens with one attached hydrogen (secondary N) is 1. The number of anilines is 1. The highest BCUT2D eigenvalue weighted by molar-refractivity contribution is 6.31. The highest BCUT2D eigenvalue weighted by Crippen LogP contribution is 2.20. The fourth-order valence-electron chi connectivity index (χ4n) is 1.69. The van der Waals surface area contributed by atoms with E-state index < -0.39 is 28.9 Å². The second-order valence-electron chi connectivity index (χ2n) is 4.42. The van der Waals surface area contributed by atoms with Crippen LogP contribution in [-0.2, 0) is 4.79 Å². The van der Waals surface area contributed by atoms with E-state index in [4.69, 9.17) is 16.9 Å². The summed E-state index contributed by atoms with van der Waals surface area (Å²) in [6.07, 6.45) is 0.981. The van der Waals surface area contributed by atoms with E-state index in [1.807, 2.05) is 0 Å². The molecule has 1 N–H and O–H groups in total. The van der Waals surface area contributed by atoms with Crippen LogP contribution in [-0.4, -0.2) is 5.91 Å². The topological polar surface area (TPSA) is 52.9 Å². The summed E-state index contributed by atoms with van der Waals surface area (Å²) in [5, 5.41) is 11.2. The lowest BCUT2D eigenvalue weighted by Gasteiger charge is -2.05. The molecule has 0 aromatic heterocycles. The molecule has 23 heavy (non-hydrogen) atoms. The van der Waals surface area contributed by atoms with Gasteiger partial charge < -0.3 is 5.32 Å². The predicted molar refractivity (Wildman–Crippen MR) is 80.0 cm³/mol. The van der Waals surface area contributed by atoms with E-state index in [1.165, 1.54) is 12.1 Å². The van der Waals surface area contributed by atoms with Crippen molar-refractivity contribution >= 4 is 29.3 Å². The first-order valence-corrected chi connectivity index (χ1v) is 6.62. The quantitative estimate of drug-likeness (QED) is 0.671. The summed E-state index contributed by atoms with van der Waals surface area (Å²) in [7, 11) is 0. The minimum atomic E-state index is -0.907. The summed E-state index contributed by atoms with van der Waals surface area (Å²) in [6.45, 7) is 0. The zero-order chi connectivity index (χ0) is 17.0. The van der Waals surface area contributed by atoms with Crippen molar-refractivity contribution in [3.63, 3.8) is 0 Å². The van der Waals surface area contributed by atoms with Gasteiger partial charge in [0.2, 0.25) is 0 Å². The number of amides is 1. The molecule has 0 spiro atoms. The van der Waals surface area contributed by atoms with Crippen molar-refractivity contribution in [1.82, 2.24) is 0 Å². The Kier molecular flexibility index (Phi) is 5.04. The molecule has 3 nitrogen and oxygen atoms in total. The molecule has 0 aliphatic heterocycles. The Labute approximate surface area is 134 Å². The first-order chi connectivity index (χ1) is 10.9. The molecule has 0 aliphatic rings. The molecule has 7 heteroatoms. The molecule has 2 rings (SSSR count). The van der Waals surface area contributed by atoms with Gasteiger partial charge in [-0.15, -0.1) is 0 Å². The van der Waals surface area contributed by atoms with Gasteiger partial charge in [0, 0.05) is 17.3 Å². The third-order valence-electron chi connectivity index (χ3n) is 2.80. The van der Waals surface area contributed by atoms with Crippen LogP contribution < -0.4 is 5.32 Å². The Balaban J connectivity index is 2.26. The van der Waals surface area contributed by atoms with Crippen LogP contribution in [0.2, 0.25) is 5.02 Å². The molecule has 0 saturated heterocycles. The highest BCUT2D eigenvalue weighted by Gasteiger charge is 2.12. The Morgan fingerprint density at radius 2 is 1.87 bits per heavy atom. The Hall–Kier alpha value is -2.78. The standard InChI is InChI=1S/C16H8ClF3N2O/c17-13-7-12(3-4-14(13)19)22-16(23)10(8-21)5-9-1-2-11(18)6-15(9)20/h1-7H,(H,22,23)/b10-5+. The van der Waals surface area contributed by atoms with E-state index in [0.29, 0.717) is 6.07 Å². The SMILES string of the molecule is N#C/C(=C\c1ccc(F)cc1F)C(=O)Nc1ccc(F)c(Cl)c1. The largest absolute Gasteiger partial charge is 0.321 e. The number of nitriles is 1. The second-order valence-corrected chi connectivity index (χ2v) is 4.83. The van der Waals surface area contributed by atoms with Crippen LogP contribution in [0.25, 0.3) is 6.08 Å². The first kappa shape index (κ1) is 16.6. The number of hydrogen-bond acceptors (Lipinski definition) is 2. The van der Waals surface area contributed by atoms with E-state index in [-0.39, 0.29) is 16.3 Å². The summed E-state index contributed by atoms with van der Waals surface area (Å²) < 4.78 is 39.4. The average molecular weight is 337 g/mol. The average Bonchev–Trinajstić information content (AvgIpc) is 2.50. The molecule has 0 bridgehead atoms. The zero-order valence-corrected chi connectivity index (χ0v) is 12.2. The lowest BCUT2D eigenvalue weighted by Crippen LogP contribution is -2.13. The molecule has 0 heterocycles. The van der Waals surface area contributed by atoms with Crippen LogP contribution in [0.1, 0.15) is 5.56 Å². The minimum Gasteiger partial charge on any atom is -0.321 e. The van der Waals surface area contributed by atoms with Crippen molar-refractivity contribution in [2.45, 2.75) is 0 Å². The van der Waals surface area contributed by atoms with Gasteiger partial charge in [-0.2, -0.15) is 5.26 Å². The number of rotatable bonds is 3. The summed E-state index contributed by atoms with van der Waals surface area (Å²) in [6, 6.07) is 7.83. The molecule has 0 fully saturated rings. The molecule has 116 valence electrons. The number of halogens is 4. The fraction of sp³-hybridized carbons (Fsp3) is 0. The van der Waals surface area contributed by atoms with Crippen molar-refractivity contribution in [1.29, 1.82) is 5.26 Å². The maximum Gasteiger partial charge on any atom is 0.266 e. The lowest BCUT2D eigenvalue weighted by atomic mass is 10.1. The van der Waals surface area contributed by atoms with Gasteiger partial charge in [0.1, 0.15) is 29.1 Å². The lowest BCUT2D eigenvalue weighted by molar-refractivity contribution is -0.112. The molecule has 0 aliphatic carbocycles. The van der Waals surface area contributed by atoms with Crippen LogP contribution in [0, 0.1) is 28.8 Å². The number of benzene rings is 2. The van der Waals surface area contributed by atoms with E-state index in [0.717, 1.165) is 24.3 Å². The maximum atomic E-state index is 13.5. The van der Waals surface area contributed by atoms with Gasteiger partial charge >= 0.3 is 0 Å². The van der Waals surface area contributed by atoms with Crippen molar-refractivity contribution in [2.75, 3.05) is 5.32 Å². The van der Waals surface area contributed by atoms with Crippen LogP contribution in [0.5, 0.6) is 0 Å². The van der Waals surface area contributed by atoms with Crippen molar-refractivity contribution in [3.8, 4) is 6.07 Å². The molecule has 0 saturated carbocycles. The summed E-state index contributed by atoms with van der Waals surface area (Å²) in [4.78, 5) is 12.0. The Morgan fingerprint density at radius 1 is 1.13 bits per heavy atom. The number of nitrogens with zero attached hydrogens (tertiary/aromatic N) is 1. The molecule has 0 radical (unpaired) electrons. The third-order valence-corrected chi connectivity index (χ3v) is 3.09. The molecule has 2 aromatic carbocycles. The number of carbonyl (C=O) groups excluding carboxylic acids is 1. The minimum absolute atomic E-state index is 0.116. The van der Waals surface area contributed by atoms with Crippen molar-refractivity contribution in [2.24, 2.45) is 0 Å². The Morgan fingerprint density at radius 3 is 2.48 bits per heavy atom. The fourth-order valence-corrected chi connectivity index (χ4v) is 1.88. The summed E-state index contributed by atoms with van der Waals surface area (Å²) in [5.74, 6) is -3.17. The van der Waals surface area contributed by atoms with E-state index >= 15 is 0 Å². The highest BCUT2D eigenvalue weighted by atomic mass is 35.5. The van der Waals surface area contributed by atoms with Crippen LogP contribution in [0.4, 0.5) is 18.9 Å². The molecule has 1 amide bonds. The summed E-state index contributed by atoms with van der Waals surface area (Å²) >= 11 is 5.59. The van der Waals surface area contributed by atoms with Gasteiger partial charge in [0.25, 0.3) is 5.91 Å². The molecular weight excluding hydrogens is 329 g/mol. The molecular formula is C16H8ClF3N2O. The smallest absolute Gasteiger partial charge is 0.266 e. The second kappa shape index (κ2) is 6.99. The van der Waals surface area contributed by atoms with E-state index in [1.54, 1.807) is 6.07 Å². The normalized spacial score (nSPS) is 11.0. The van der Waals surface area contributed by atoms with Gasteiger partial charge in [-0.3, -0.25) is 4.79 Å².